The van der Waals surface area contributed by atoms with E-state index in [4.69, 9.17) is 0 Å². The van der Waals surface area contributed by atoms with Crippen LogP contribution in [0.2, 0.25) is 0 Å². The first-order chi connectivity index (χ1) is 9.06. The first kappa shape index (κ1) is 19.7. The molecule has 0 radical (unpaired) electrons. The molecule has 0 aliphatic carbocycles. The Morgan fingerprint density at radius 3 is 1.70 bits per heavy atom. The second-order valence-corrected chi connectivity index (χ2v) is 8.24. The largest absolute Gasteiger partial charge is 0.388 e. The van der Waals surface area contributed by atoms with Gasteiger partial charge >= 0.3 is 0 Å². The first-order valence-corrected chi connectivity index (χ1v) is 8.43. The molecule has 0 bridgehead atoms. The summed E-state index contributed by atoms with van der Waals surface area (Å²) in [6, 6.07) is 0. The fraction of sp³-hybridized carbons (Fsp3) is 0.895. The molecule has 0 atom stereocenters. The minimum absolute atomic E-state index is 0.114. The van der Waals surface area contributed by atoms with Crippen LogP contribution >= 0.6 is 0 Å². The minimum atomic E-state index is -0.668. The monoisotopic (exact) mass is 282 g/mol. The Hall–Kier alpha value is -0.300. The van der Waals surface area contributed by atoms with Crippen molar-refractivity contribution in [2.24, 2.45) is 10.8 Å². The zero-order valence-corrected chi connectivity index (χ0v) is 15.1. The highest BCUT2D eigenvalue weighted by Gasteiger charge is 2.48. The van der Waals surface area contributed by atoms with Crippen molar-refractivity contribution in [1.82, 2.24) is 0 Å². The summed E-state index contributed by atoms with van der Waals surface area (Å²) in [5.74, 6) is 0. The van der Waals surface area contributed by atoms with Gasteiger partial charge in [-0.1, -0.05) is 86.3 Å². The predicted molar refractivity (Wildman–Crippen MR) is 91.0 cm³/mol. The maximum Gasteiger partial charge on any atom is 0.0777 e. The summed E-state index contributed by atoms with van der Waals surface area (Å²) >= 11 is 0. The van der Waals surface area contributed by atoms with E-state index >= 15 is 0 Å². The van der Waals surface area contributed by atoms with Crippen LogP contribution in [0.1, 0.15) is 93.4 Å². The Balaban J connectivity index is 4.30. The molecule has 120 valence electrons. The maximum absolute atomic E-state index is 11.1. The van der Waals surface area contributed by atoms with Gasteiger partial charge in [-0.15, -0.1) is 0 Å². The number of hydrogen-bond donors (Lipinski definition) is 1. The summed E-state index contributed by atoms with van der Waals surface area (Å²) in [5, 5.41) is 11.1. The molecular weight excluding hydrogens is 244 g/mol. The van der Waals surface area contributed by atoms with Gasteiger partial charge in [-0.05, 0) is 30.1 Å². The summed E-state index contributed by atoms with van der Waals surface area (Å²) in [4.78, 5) is 0. The molecule has 0 unspecified atom stereocenters. The highest BCUT2D eigenvalue weighted by Crippen LogP contribution is 2.46. The van der Waals surface area contributed by atoms with Gasteiger partial charge in [-0.3, -0.25) is 0 Å². The van der Waals surface area contributed by atoms with Crippen LogP contribution in [0.3, 0.4) is 0 Å². The molecule has 1 N–H and O–H groups in total. The van der Waals surface area contributed by atoms with Gasteiger partial charge in [0.05, 0.1) is 5.60 Å². The molecule has 1 heteroatoms. The number of unbranched alkanes of at least 4 members (excludes halogenated alkanes) is 5. The van der Waals surface area contributed by atoms with Gasteiger partial charge in [0.25, 0.3) is 0 Å². The lowest BCUT2D eigenvalue weighted by molar-refractivity contribution is -0.134. The average molecular weight is 283 g/mol. The van der Waals surface area contributed by atoms with Crippen LogP contribution in [0.25, 0.3) is 0 Å². The Bertz CT molecular complexity index is 261. The molecule has 0 amide bonds. The second kappa shape index (κ2) is 8.22. The van der Waals surface area contributed by atoms with E-state index in [1.54, 1.807) is 0 Å². The minimum Gasteiger partial charge on any atom is -0.388 e. The zero-order chi connectivity index (χ0) is 15.9. The molecule has 20 heavy (non-hydrogen) atoms. The Labute approximate surface area is 127 Å². The van der Waals surface area contributed by atoms with Gasteiger partial charge < -0.3 is 5.11 Å². The van der Waals surface area contributed by atoms with E-state index in [0.717, 1.165) is 12.8 Å². The normalized spacial score (nSPS) is 14.2. The van der Waals surface area contributed by atoms with Crippen molar-refractivity contribution in [3.63, 3.8) is 0 Å². The van der Waals surface area contributed by atoms with Gasteiger partial charge in [0, 0.05) is 0 Å². The van der Waals surface area contributed by atoms with E-state index in [2.05, 4.69) is 60.6 Å². The van der Waals surface area contributed by atoms with E-state index in [1.165, 1.54) is 32.1 Å². The van der Waals surface area contributed by atoms with Crippen LogP contribution in [0, 0.1) is 10.8 Å². The molecule has 0 aliphatic rings. The van der Waals surface area contributed by atoms with Crippen LogP contribution in [0.4, 0.5) is 0 Å². The average Bonchev–Trinajstić information content (AvgIpc) is 2.29. The van der Waals surface area contributed by atoms with Crippen LogP contribution < -0.4 is 0 Å². The van der Waals surface area contributed by atoms with Crippen LogP contribution in [0.5, 0.6) is 0 Å². The molecule has 0 rings (SSSR count). The molecule has 1 nitrogen and oxygen atoms in total. The molecule has 0 aromatic heterocycles. The summed E-state index contributed by atoms with van der Waals surface area (Å²) in [7, 11) is 0. The summed E-state index contributed by atoms with van der Waals surface area (Å²) < 4.78 is 0. The first-order valence-electron chi connectivity index (χ1n) is 8.43. The topological polar surface area (TPSA) is 20.2 Å². The van der Waals surface area contributed by atoms with Gasteiger partial charge in [0.2, 0.25) is 0 Å². The quantitative estimate of drug-likeness (QED) is 0.420. The predicted octanol–water partition coefficient (Wildman–Crippen LogP) is 6.12. The third kappa shape index (κ3) is 5.99. The Morgan fingerprint density at radius 1 is 0.750 bits per heavy atom. The van der Waals surface area contributed by atoms with Crippen LogP contribution in [0.15, 0.2) is 12.2 Å². The van der Waals surface area contributed by atoms with Crippen molar-refractivity contribution < 1.29 is 5.11 Å². The SMILES string of the molecule is CCCCCCC/C=C\CC(O)(C(C)(C)C)C(C)(C)C. The molecule has 0 saturated heterocycles. The summed E-state index contributed by atoms with van der Waals surface area (Å²) in [6.07, 6.45) is 13.0. The van der Waals surface area contributed by atoms with Crippen molar-refractivity contribution in [3.05, 3.63) is 12.2 Å². The van der Waals surface area contributed by atoms with Crippen LogP contribution in [-0.2, 0) is 0 Å². The molecule has 0 aliphatic heterocycles. The summed E-state index contributed by atoms with van der Waals surface area (Å²) in [6.45, 7) is 15.1. The second-order valence-electron chi connectivity index (χ2n) is 8.24. The number of aliphatic hydroxyl groups is 1. The third-order valence-corrected chi connectivity index (χ3v) is 4.54. The Morgan fingerprint density at radius 2 is 1.25 bits per heavy atom. The smallest absolute Gasteiger partial charge is 0.0777 e. The lowest BCUT2D eigenvalue weighted by Gasteiger charge is -2.49. The van der Waals surface area contributed by atoms with Gasteiger partial charge in [-0.25, -0.2) is 0 Å². The van der Waals surface area contributed by atoms with Gasteiger partial charge in [0.1, 0.15) is 0 Å². The van der Waals surface area contributed by atoms with Gasteiger partial charge in [-0.2, -0.15) is 0 Å². The fourth-order valence-electron chi connectivity index (χ4n) is 2.97. The fourth-order valence-corrected chi connectivity index (χ4v) is 2.97. The van der Waals surface area contributed by atoms with Crippen LogP contribution in [-0.4, -0.2) is 10.7 Å². The van der Waals surface area contributed by atoms with Crippen molar-refractivity contribution >= 4 is 0 Å². The lowest BCUT2D eigenvalue weighted by Crippen LogP contribution is -2.52. The number of rotatable bonds is 8. The molecular formula is C19H38O. The van der Waals surface area contributed by atoms with Crippen molar-refractivity contribution in [1.29, 1.82) is 0 Å². The lowest BCUT2D eigenvalue weighted by atomic mass is 9.61. The van der Waals surface area contributed by atoms with E-state index < -0.39 is 5.60 Å². The van der Waals surface area contributed by atoms with Crippen molar-refractivity contribution in [2.45, 2.75) is 99.0 Å². The summed E-state index contributed by atoms with van der Waals surface area (Å²) in [5.41, 5.74) is -0.897. The molecule has 0 saturated carbocycles. The molecule has 0 aromatic rings. The Kier molecular flexibility index (Phi) is 8.09. The van der Waals surface area contributed by atoms with E-state index in [-0.39, 0.29) is 10.8 Å². The molecule has 0 aromatic carbocycles. The highest BCUT2D eigenvalue weighted by atomic mass is 16.3. The maximum atomic E-state index is 11.1. The van der Waals surface area contributed by atoms with Gasteiger partial charge in [0.15, 0.2) is 0 Å². The van der Waals surface area contributed by atoms with E-state index in [1.807, 2.05) is 0 Å². The highest BCUT2D eigenvalue weighted by molar-refractivity contribution is 5.04. The number of hydrogen-bond acceptors (Lipinski definition) is 1. The zero-order valence-electron chi connectivity index (χ0n) is 15.1. The van der Waals surface area contributed by atoms with E-state index in [0.29, 0.717) is 0 Å². The number of allylic oxidation sites excluding steroid dienone is 1. The molecule has 0 heterocycles. The molecule has 0 fully saturated rings. The van der Waals surface area contributed by atoms with Crippen molar-refractivity contribution in [3.8, 4) is 0 Å². The third-order valence-electron chi connectivity index (χ3n) is 4.54. The molecule has 0 spiro atoms. The standard InChI is InChI=1S/C19H38O/c1-8-9-10-11-12-13-14-15-16-19(20,17(2,3)4)18(5,6)7/h14-15,20H,8-13,16H2,1-7H3/b15-14-. The van der Waals surface area contributed by atoms with Crippen molar-refractivity contribution in [2.75, 3.05) is 0 Å². The van der Waals surface area contributed by atoms with E-state index in [9.17, 15) is 5.11 Å².